The lowest BCUT2D eigenvalue weighted by Gasteiger charge is -2.00. The molecule has 0 N–H and O–H groups in total. The molecule has 0 nitrogen and oxygen atoms in total. The minimum Gasteiger partial charge on any atom is -0.0623 e. The van der Waals surface area contributed by atoms with Crippen molar-refractivity contribution in [3.8, 4) is 0 Å². The van der Waals surface area contributed by atoms with Crippen LogP contribution in [0.5, 0.6) is 0 Å². The van der Waals surface area contributed by atoms with Crippen LogP contribution in [0, 0.1) is 0 Å². The van der Waals surface area contributed by atoms with Crippen LogP contribution in [-0.4, -0.2) is 0 Å². The Morgan fingerprint density at radius 3 is 0.677 bits per heavy atom. The van der Waals surface area contributed by atoms with Crippen molar-refractivity contribution in [2.24, 2.45) is 0 Å². The van der Waals surface area contributed by atoms with E-state index in [-0.39, 0.29) is 0 Å². The lowest BCUT2D eigenvalue weighted by atomic mass is 10.1. The monoisotopic (exact) mass is 404 g/mol. The average Bonchev–Trinajstić information content (AvgIpc) is 2.78. The fourth-order valence-corrected chi connectivity index (χ4v) is 2.81. The molecule has 0 saturated heterocycles. The molecule has 2 rings (SSSR count). The van der Waals surface area contributed by atoms with Gasteiger partial charge in [-0.15, -0.1) is 0 Å². The van der Waals surface area contributed by atoms with E-state index in [0.29, 0.717) is 0 Å². The molecule has 0 aliphatic carbocycles. The van der Waals surface area contributed by atoms with E-state index in [0.717, 1.165) is 19.3 Å². The Hall–Kier alpha value is -3.64. The average molecular weight is 405 g/mol. The van der Waals surface area contributed by atoms with Crippen molar-refractivity contribution >= 4 is 0 Å². The van der Waals surface area contributed by atoms with E-state index in [2.05, 4.69) is 72.8 Å². The highest BCUT2D eigenvalue weighted by atomic mass is 14.0. The first-order valence-corrected chi connectivity index (χ1v) is 10.9. The molecule has 0 unspecified atom stereocenters. The van der Waals surface area contributed by atoms with Gasteiger partial charge in [0, 0.05) is 0 Å². The van der Waals surface area contributed by atoms with Gasteiger partial charge >= 0.3 is 0 Å². The van der Waals surface area contributed by atoms with Gasteiger partial charge in [-0.2, -0.15) is 0 Å². The van der Waals surface area contributed by atoms with Crippen LogP contribution >= 0.6 is 0 Å². The fraction of sp³-hybridized carbons (Fsp3) is 0.0968. The van der Waals surface area contributed by atoms with Gasteiger partial charge in [-0.05, 0) is 30.4 Å². The van der Waals surface area contributed by atoms with Crippen molar-refractivity contribution in [2.45, 2.75) is 19.3 Å². The van der Waals surface area contributed by atoms with Gasteiger partial charge in [0.1, 0.15) is 0 Å². The standard InChI is InChI=1S/C31H32/c1-3-7-11-15-19-24-30(25-20-16-12-8-4-1)28-23-29-31-26-21-17-13-9-5-2-6-10-14-18-22-27-31/h1-22,24-27H,23,28-29H2. The summed E-state index contributed by atoms with van der Waals surface area (Å²) in [5.41, 5.74) is 2.65. The van der Waals surface area contributed by atoms with Crippen LogP contribution in [0.2, 0.25) is 0 Å². The van der Waals surface area contributed by atoms with E-state index in [1.165, 1.54) is 11.1 Å². The van der Waals surface area contributed by atoms with Crippen molar-refractivity contribution in [2.75, 3.05) is 0 Å². The highest BCUT2D eigenvalue weighted by molar-refractivity contribution is 5.14. The Labute approximate surface area is 188 Å². The third kappa shape index (κ3) is 13.2. The van der Waals surface area contributed by atoms with Crippen LogP contribution in [0.15, 0.2) is 158 Å². The zero-order chi connectivity index (χ0) is 21.7. The smallest absolute Gasteiger partial charge is 0.0276 e. The van der Waals surface area contributed by atoms with Crippen LogP contribution in [0.4, 0.5) is 0 Å². The Morgan fingerprint density at radius 1 is 0.258 bits per heavy atom. The molecule has 2 aromatic carbocycles. The molecule has 0 aromatic heterocycles. The van der Waals surface area contributed by atoms with Gasteiger partial charge in [-0.25, -0.2) is 0 Å². The van der Waals surface area contributed by atoms with Gasteiger partial charge in [0.2, 0.25) is 0 Å². The molecule has 0 aliphatic heterocycles. The molecule has 0 atom stereocenters. The van der Waals surface area contributed by atoms with E-state index in [1.54, 1.807) is 0 Å². The Balaban J connectivity index is 2.17. The summed E-state index contributed by atoms with van der Waals surface area (Å²) in [5.74, 6) is 0. The largest absolute Gasteiger partial charge is 0.0623 e. The fourth-order valence-electron chi connectivity index (χ4n) is 2.81. The minimum absolute atomic E-state index is 1.03. The predicted octanol–water partition coefficient (Wildman–Crippen LogP) is 8.36. The van der Waals surface area contributed by atoms with Crippen molar-refractivity contribution in [3.63, 3.8) is 0 Å². The summed E-state index contributed by atoms with van der Waals surface area (Å²) in [6.07, 6.45) is 3.16. The van der Waals surface area contributed by atoms with Crippen LogP contribution in [-0.2, 0) is 12.8 Å². The minimum atomic E-state index is 1.03. The number of hydrogen-bond donors (Lipinski definition) is 0. The van der Waals surface area contributed by atoms with Crippen LogP contribution in [0.3, 0.4) is 0 Å². The molecule has 0 heterocycles. The highest BCUT2D eigenvalue weighted by Crippen LogP contribution is 2.06. The Bertz CT molecular complexity index is 836. The summed E-state index contributed by atoms with van der Waals surface area (Å²) in [6.45, 7) is 0. The second-order valence-corrected chi connectivity index (χ2v) is 6.90. The van der Waals surface area contributed by atoms with Gasteiger partial charge in [-0.1, -0.05) is 158 Å². The molecule has 156 valence electrons. The summed E-state index contributed by atoms with van der Waals surface area (Å²) >= 11 is 0. The third-order valence-corrected chi connectivity index (χ3v) is 4.39. The molecule has 31 heavy (non-hydrogen) atoms. The summed E-state index contributed by atoms with van der Waals surface area (Å²) in [7, 11) is 0. The van der Waals surface area contributed by atoms with E-state index >= 15 is 0 Å². The molecule has 0 bridgehead atoms. The highest BCUT2D eigenvalue weighted by Gasteiger charge is 1.92. The number of aryl methyl sites for hydroxylation is 2. The maximum Gasteiger partial charge on any atom is -0.0276 e. The molecule has 0 amide bonds. The van der Waals surface area contributed by atoms with Gasteiger partial charge in [-0.3, -0.25) is 0 Å². The first kappa shape index (κ1) is 23.6. The van der Waals surface area contributed by atoms with E-state index in [4.69, 9.17) is 0 Å². The Kier molecular flexibility index (Phi) is 13.1. The normalized spacial score (nSPS) is 9.03. The maximum atomic E-state index is 2.20. The van der Waals surface area contributed by atoms with Gasteiger partial charge in [0.25, 0.3) is 0 Å². The predicted molar refractivity (Wildman–Crippen MR) is 135 cm³/mol. The van der Waals surface area contributed by atoms with Gasteiger partial charge in [0.05, 0.1) is 0 Å². The van der Waals surface area contributed by atoms with Crippen molar-refractivity contribution in [1.29, 1.82) is 0 Å². The molecule has 0 fully saturated rings. The SMILES string of the molecule is c1ccccccc(CCCc2ccccccccccccc2)cccccc1. The summed E-state index contributed by atoms with van der Waals surface area (Å²) in [5, 5.41) is 0. The summed E-state index contributed by atoms with van der Waals surface area (Å²) in [6, 6.07) is 54.0. The second kappa shape index (κ2) is 17.2. The lowest BCUT2D eigenvalue weighted by molar-refractivity contribution is 0.822. The number of rotatable bonds is 4. The molecule has 0 heteroatoms. The molecule has 0 spiro atoms. The molecule has 0 saturated carbocycles. The van der Waals surface area contributed by atoms with E-state index < -0.39 is 0 Å². The maximum absolute atomic E-state index is 2.20. The molecular weight excluding hydrogens is 372 g/mol. The van der Waals surface area contributed by atoms with Crippen molar-refractivity contribution in [1.82, 2.24) is 0 Å². The van der Waals surface area contributed by atoms with Crippen LogP contribution in [0.25, 0.3) is 0 Å². The van der Waals surface area contributed by atoms with Crippen molar-refractivity contribution < 1.29 is 0 Å². The summed E-state index contributed by atoms with van der Waals surface area (Å²) in [4.78, 5) is 0. The van der Waals surface area contributed by atoms with E-state index in [1.807, 2.05) is 84.9 Å². The zero-order valence-corrected chi connectivity index (χ0v) is 18.1. The molecule has 2 aromatic rings. The number of hydrogen-bond acceptors (Lipinski definition) is 0. The lowest BCUT2D eigenvalue weighted by Crippen LogP contribution is -1.88. The zero-order valence-electron chi connectivity index (χ0n) is 18.1. The topological polar surface area (TPSA) is 0 Å². The Morgan fingerprint density at radius 2 is 0.452 bits per heavy atom. The molecule has 0 radical (unpaired) electrons. The summed E-state index contributed by atoms with van der Waals surface area (Å²) < 4.78 is 0. The van der Waals surface area contributed by atoms with Gasteiger partial charge < -0.3 is 0 Å². The van der Waals surface area contributed by atoms with E-state index in [9.17, 15) is 0 Å². The van der Waals surface area contributed by atoms with Gasteiger partial charge in [0.15, 0.2) is 0 Å². The third-order valence-electron chi connectivity index (χ3n) is 4.39. The quantitative estimate of drug-likeness (QED) is 0.480. The second-order valence-electron chi connectivity index (χ2n) is 6.90. The first-order valence-electron chi connectivity index (χ1n) is 10.9. The van der Waals surface area contributed by atoms with Crippen LogP contribution < -0.4 is 0 Å². The molecule has 0 aliphatic rings. The first-order chi connectivity index (χ1) is 15.4. The molecular formula is C31H32. The van der Waals surface area contributed by atoms with Crippen molar-refractivity contribution in [3.05, 3.63) is 169 Å². The van der Waals surface area contributed by atoms with Crippen LogP contribution in [0.1, 0.15) is 17.5 Å².